The van der Waals surface area contributed by atoms with Crippen molar-refractivity contribution in [3.8, 4) is 0 Å². The summed E-state index contributed by atoms with van der Waals surface area (Å²) < 4.78 is 0. The van der Waals surface area contributed by atoms with Crippen LogP contribution in [-0.2, 0) is 6.54 Å². The number of aliphatic hydroxyl groups is 1. The highest BCUT2D eigenvalue weighted by atomic mass is 16.3. The molecule has 0 saturated carbocycles. The normalized spacial score (nSPS) is 24.8. The number of rotatable bonds is 2. The fraction of sp³-hybridized carbons (Fsp3) is 0.600. The van der Waals surface area contributed by atoms with Gasteiger partial charge in [-0.25, -0.2) is 0 Å². The number of aryl methyl sites for hydroxylation is 1. The summed E-state index contributed by atoms with van der Waals surface area (Å²) in [5, 5.41) is 9.93. The largest absolute Gasteiger partial charge is 0.392 e. The van der Waals surface area contributed by atoms with Gasteiger partial charge in [0.1, 0.15) is 0 Å². The van der Waals surface area contributed by atoms with Crippen LogP contribution in [-0.4, -0.2) is 29.2 Å². The highest BCUT2D eigenvalue weighted by Crippen LogP contribution is 2.29. The van der Waals surface area contributed by atoms with Crippen LogP contribution in [0, 0.1) is 12.3 Å². The molecule has 0 aromatic heterocycles. The van der Waals surface area contributed by atoms with Gasteiger partial charge in [0.2, 0.25) is 0 Å². The van der Waals surface area contributed by atoms with Gasteiger partial charge in [-0.3, -0.25) is 4.90 Å². The van der Waals surface area contributed by atoms with Crippen molar-refractivity contribution in [3.05, 3.63) is 35.4 Å². The maximum atomic E-state index is 9.93. The van der Waals surface area contributed by atoms with Gasteiger partial charge in [0, 0.05) is 25.0 Å². The molecule has 1 aliphatic rings. The maximum absolute atomic E-state index is 9.93. The second-order valence-electron chi connectivity index (χ2n) is 5.99. The number of hydrogen-bond acceptors (Lipinski definition) is 2. The summed E-state index contributed by atoms with van der Waals surface area (Å²) in [6, 6.07) is 8.74. The van der Waals surface area contributed by atoms with Crippen LogP contribution in [0.25, 0.3) is 0 Å². The quantitative estimate of drug-likeness (QED) is 0.848. The van der Waals surface area contributed by atoms with Crippen LogP contribution in [0.15, 0.2) is 24.3 Å². The number of piperidine rings is 1. The molecule has 1 heterocycles. The fourth-order valence-corrected chi connectivity index (χ4v) is 2.54. The van der Waals surface area contributed by atoms with Crippen molar-refractivity contribution in [2.75, 3.05) is 13.1 Å². The molecule has 1 N–H and O–H groups in total. The monoisotopic (exact) mass is 233 g/mol. The van der Waals surface area contributed by atoms with E-state index in [1.165, 1.54) is 11.1 Å². The van der Waals surface area contributed by atoms with Crippen LogP contribution >= 0.6 is 0 Å². The Balaban J connectivity index is 1.98. The van der Waals surface area contributed by atoms with E-state index >= 15 is 0 Å². The molecule has 1 aromatic carbocycles. The van der Waals surface area contributed by atoms with Crippen LogP contribution in [0.4, 0.5) is 0 Å². The van der Waals surface area contributed by atoms with Gasteiger partial charge in [-0.15, -0.1) is 0 Å². The molecule has 1 unspecified atom stereocenters. The van der Waals surface area contributed by atoms with E-state index < -0.39 is 0 Å². The molecule has 1 atom stereocenters. The van der Waals surface area contributed by atoms with Crippen LogP contribution < -0.4 is 0 Å². The average molecular weight is 233 g/mol. The van der Waals surface area contributed by atoms with Crippen LogP contribution in [0.3, 0.4) is 0 Å². The molecule has 2 nitrogen and oxygen atoms in total. The molecule has 1 fully saturated rings. The molecule has 2 rings (SSSR count). The van der Waals surface area contributed by atoms with Crippen molar-refractivity contribution in [2.45, 2.75) is 39.8 Å². The highest BCUT2D eigenvalue weighted by Gasteiger charge is 2.34. The van der Waals surface area contributed by atoms with Crippen LogP contribution in [0.2, 0.25) is 0 Å². The Morgan fingerprint density at radius 1 is 1.29 bits per heavy atom. The van der Waals surface area contributed by atoms with Crippen molar-refractivity contribution >= 4 is 0 Å². The predicted octanol–water partition coefficient (Wildman–Crippen LogP) is 2.59. The second-order valence-corrected chi connectivity index (χ2v) is 5.99. The number of hydrogen-bond donors (Lipinski definition) is 1. The lowest BCUT2D eigenvalue weighted by Gasteiger charge is -2.41. The van der Waals surface area contributed by atoms with Crippen LogP contribution in [0.5, 0.6) is 0 Å². The Hall–Kier alpha value is -0.860. The Kier molecular flexibility index (Phi) is 3.55. The van der Waals surface area contributed by atoms with Gasteiger partial charge in [-0.05, 0) is 18.9 Å². The summed E-state index contributed by atoms with van der Waals surface area (Å²) in [6.45, 7) is 9.39. The molecule has 2 heteroatoms. The Morgan fingerprint density at radius 2 is 1.94 bits per heavy atom. The van der Waals surface area contributed by atoms with Crippen molar-refractivity contribution < 1.29 is 5.11 Å². The van der Waals surface area contributed by atoms with E-state index in [2.05, 4.69) is 49.9 Å². The molecule has 1 aromatic rings. The molecule has 1 saturated heterocycles. The zero-order valence-electron chi connectivity index (χ0n) is 11.1. The number of aliphatic hydroxyl groups excluding tert-OH is 1. The summed E-state index contributed by atoms with van der Waals surface area (Å²) >= 11 is 0. The van der Waals surface area contributed by atoms with Gasteiger partial charge in [0.25, 0.3) is 0 Å². The third kappa shape index (κ3) is 3.08. The van der Waals surface area contributed by atoms with E-state index in [1.807, 2.05) is 0 Å². The Labute approximate surface area is 104 Å². The fourth-order valence-electron chi connectivity index (χ4n) is 2.54. The number of nitrogens with zero attached hydrogens (tertiary/aromatic N) is 1. The summed E-state index contributed by atoms with van der Waals surface area (Å²) in [4.78, 5) is 2.44. The minimum Gasteiger partial charge on any atom is -0.392 e. The zero-order valence-corrected chi connectivity index (χ0v) is 11.1. The minimum absolute atomic E-state index is 0.0168. The van der Waals surface area contributed by atoms with Crippen molar-refractivity contribution in [1.82, 2.24) is 4.90 Å². The highest BCUT2D eigenvalue weighted by molar-refractivity contribution is 5.21. The first-order valence-electron chi connectivity index (χ1n) is 6.43. The van der Waals surface area contributed by atoms with Gasteiger partial charge >= 0.3 is 0 Å². The molecule has 0 bridgehead atoms. The molecular weight excluding hydrogens is 210 g/mol. The minimum atomic E-state index is -0.156. The van der Waals surface area contributed by atoms with Gasteiger partial charge in [-0.2, -0.15) is 0 Å². The summed E-state index contributed by atoms with van der Waals surface area (Å²) in [7, 11) is 0. The number of benzene rings is 1. The van der Waals surface area contributed by atoms with Crippen molar-refractivity contribution in [2.24, 2.45) is 5.41 Å². The van der Waals surface area contributed by atoms with E-state index in [-0.39, 0.29) is 11.5 Å². The first-order chi connectivity index (χ1) is 7.97. The number of likely N-dealkylation sites (tertiary alicyclic amines) is 1. The average Bonchev–Trinajstić information content (AvgIpc) is 2.26. The first-order valence-corrected chi connectivity index (χ1v) is 6.43. The van der Waals surface area contributed by atoms with Gasteiger partial charge in [0.05, 0.1) is 6.10 Å². The Morgan fingerprint density at radius 3 is 2.53 bits per heavy atom. The molecule has 1 aliphatic heterocycles. The molecule has 0 spiro atoms. The molecule has 94 valence electrons. The lowest BCUT2D eigenvalue weighted by molar-refractivity contribution is -0.0270. The smallest absolute Gasteiger partial charge is 0.0615 e. The molecule has 0 radical (unpaired) electrons. The van der Waals surface area contributed by atoms with Gasteiger partial charge in [-0.1, -0.05) is 43.7 Å². The van der Waals surface area contributed by atoms with Crippen molar-refractivity contribution in [3.63, 3.8) is 0 Å². The first kappa shape index (κ1) is 12.6. The topological polar surface area (TPSA) is 23.5 Å². The van der Waals surface area contributed by atoms with Gasteiger partial charge in [0.15, 0.2) is 0 Å². The third-order valence-corrected chi connectivity index (χ3v) is 3.78. The standard InChI is InChI=1S/C15H23NO/c1-12-4-6-13(7-5-12)10-16-9-8-14(17)15(2,3)11-16/h4-7,14,17H,8-11H2,1-3H3. The van der Waals surface area contributed by atoms with Crippen LogP contribution in [0.1, 0.15) is 31.4 Å². The summed E-state index contributed by atoms with van der Waals surface area (Å²) in [5.41, 5.74) is 2.69. The lowest BCUT2D eigenvalue weighted by atomic mass is 9.81. The molecule has 0 aliphatic carbocycles. The summed E-state index contributed by atoms with van der Waals surface area (Å²) in [6.07, 6.45) is 0.732. The second kappa shape index (κ2) is 4.79. The third-order valence-electron chi connectivity index (χ3n) is 3.78. The Bertz CT molecular complexity index is 369. The van der Waals surface area contributed by atoms with Crippen molar-refractivity contribution in [1.29, 1.82) is 0 Å². The van der Waals surface area contributed by atoms with E-state index in [9.17, 15) is 5.11 Å². The zero-order chi connectivity index (χ0) is 12.5. The summed E-state index contributed by atoms with van der Waals surface area (Å²) in [5.74, 6) is 0. The van der Waals surface area contributed by atoms with Gasteiger partial charge < -0.3 is 5.11 Å². The lowest BCUT2D eigenvalue weighted by Crippen LogP contribution is -2.48. The molecule has 17 heavy (non-hydrogen) atoms. The molecular formula is C15H23NO. The van der Waals surface area contributed by atoms with E-state index in [0.717, 1.165) is 26.1 Å². The maximum Gasteiger partial charge on any atom is 0.0615 e. The predicted molar refractivity (Wildman–Crippen MR) is 70.9 cm³/mol. The van der Waals surface area contributed by atoms with E-state index in [0.29, 0.717) is 0 Å². The van der Waals surface area contributed by atoms with E-state index in [4.69, 9.17) is 0 Å². The molecule has 0 amide bonds. The SMILES string of the molecule is Cc1ccc(CN2CCC(O)C(C)(C)C2)cc1. The van der Waals surface area contributed by atoms with E-state index in [1.54, 1.807) is 0 Å².